The number of benzene rings is 2. The van der Waals surface area contributed by atoms with Gasteiger partial charge >= 0.3 is 0 Å². The van der Waals surface area contributed by atoms with Gasteiger partial charge in [0.05, 0.1) is 19.6 Å². The van der Waals surface area contributed by atoms with Gasteiger partial charge in [-0.3, -0.25) is 4.79 Å². The molecule has 0 radical (unpaired) electrons. The molecule has 0 bridgehead atoms. The Bertz CT molecular complexity index is 608. The lowest BCUT2D eigenvalue weighted by molar-refractivity contribution is -0.121. The Morgan fingerprint density at radius 2 is 1.86 bits per heavy atom. The topological polar surface area (TPSA) is 64.3 Å². The van der Waals surface area contributed by atoms with Gasteiger partial charge in [0.2, 0.25) is 5.91 Å². The Morgan fingerprint density at radius 1 is 1.19 bits per heavy atom. The lowest BCUT2D eigenvalue weighted by atomic mass is 10.1. The molecule has 21 heavy (non-hydrogen) atoms. The summed E-state index contributed by atoms with van der Waals surface area (Å²) >= 11 is 0. The Hall–Kier alpha value is -2.49. The average Bonchev–Trinajstić information content (AvgIpc) is 2.48. The van der Waals surface area contributed by atoms with Crippen LogP contribution in [-0.2, 0) is 11.2 Å². The molecule has 1 unspecified atom stereocenters. The maximum absolute atomic E-state index is 12.1. The number of rotatable bonds is 5. The first-order chi connectivity index (χ1) is 10.1. The molecule has 2 rings (SSSR count). The third kappa shape index (κ3) is 3.99. The molecule has 0 spiro atoms. The number of hydrogen-bond acceptors (Lipinski definition) is 3. The van der Waals surface area contributed by atoms with Gasteiger partial charge in [0.25, 0.3) is 0 Å². The smallest absolute Gasteiger partial charge is 0.225 e. The molecule has 0 saturated heterocycles. The zero-order valence-corrected chi connectivity index (χ0v) is 12.3. The molecular formula is C17H20N2O2. The molecular weight excluding hydrogens is 264 g/mol. The van der Waals surface area contributed by atoms with Crippen LogP contribution in [0.4, 0.5) is 5.69 Å². The van der Waals surface area contributed by atoms with Crippen molar-refractivity contribution in [2.75, 3.05) is 12.8 Å². The monoisotopic (exact) mass is 284 g/mol. The summed E-state index contributed by atoms with van der Waals surface area (Å²) in [6.07, 6.45) is 0.295. The van der Waals surface area contributed by atoms with E-state index in [-0.39, 0.29) is 11.9 Å². The first kappa shape index (κ1) is 14.9. The zero-order valence-electron chi connectivity index (χ0n) is 12.3. The minimum atomic E-state index is -0.0622. The summed E-state index contributed by atoms with van der Waals surface area (Å²) in [6.45, 7) is 1.95. The normalized spacial score (nSPS) is 11.7. The van der Waals surface area contributed by atoms with Gasteiger partial charge < -0.3 is 15.8 Å². The summed E-state index contributed by atoms with van der Waals surface area (Å²) in [5, 5.41) is 2.98. The van der Waals surface area contributed by atoms with Gasteiger partial charge in [0.1, 0.15) is 5.75 Å². The van der Waals surface area contributed by atoms with Crippen molar-refractivity contribution in [3.05, 3.63) is 59.7 Å². The van der Waals surface area contributed by atoms with Crippen molar-refractivity contribution in [3.8, 4) is 5.75 Å². The molecule has 4 heteroatoms. The predicted octanol–water partition coefficient (Wildman–Crippen LogP) is 2.70. The molecule has 0 aliphatic heterocycles. The largest absolute Gasteiger partial charge is 0.496 e. The highest BCUT2D eigenvalue weighted by Crippen LogP contribution is 2.19. The standard InChI is InChI=1S/C17H20N2O2/c1-12(13-7-9-15(18)10-8-13)19-17(20)11-14-5-3-4-6-16(14)21-2/h3-10,12H,11,18H2,1-2H3,(H,19,20). The molecule has 0 saturated carbocycles. The molecule has 0 aliphatic carbocycles. The molecule has 4 nitrogen and oxygen atoms in total. The number of nitrogens with two attached hydrogens (primary N) is 1. The van der Waals surface area contributed by atoms with Gasteiger partial charge in [-0.25, -0.2) is 0 Å². The maximum Gasteiger partial charge on any atom is 0.225 e. The summed E-state index contributed by atoms with van der Waals surface area (Å²) in [4.78, 5) is 12.1. The number of methoxy groups -OCH3 is 1. The summed E-state index contributed by atoms with van der Waals surface area (Å²) in [5.74, 6) is 0.691. The maximum atomic E-state index is 12.1. The molecule has 0 heterocycles. The fraction of sp³-hybridized carbons (Fsp3) is 0.235. The Labute approximate surface area is 124 Å². The van der Waals surface area contributed by atoms with E-state index in [4.69, 9.17) is 10.5 Å². The number of ether oxygens (including phenoxy) is 1. The summed E-state index contributed by atoms with van der Waals surface area (Å²) in [6, 6.07) is 15.0. The highest BCUT2D eigenvalue weighted by Gasteiger charge is 2.12. The molecule has 2 aromatic carbocycles. The third-order valence-electron chi connectivity index (χ3n) is 3.36. The lowest BCUT2D eigenvalue weighted by Gasteiger charge is -2.15. The van der Waals surface area contributed by atoms with Gasteiger partial charge in [-0.15, -0.1) is 0 Å². The molecule has 0 aliphatic rings. The van der Waals surface area contributed by atoms with Gasteiger partial charge in [-0.2, -0.15) is 0 Å². The second kappa shape index (κ2) is 6.79. The second-order valence-electron chi connectivity index (χ2n) is 4.94. The minimum Gasteiger partial charge on any atom is -0.496 e. The van der Waals surface area contributed by atoms with E-state index >= 15 is 0 Å². The summed E-state index contributed by atoms with van der Waals surface area (Å²) < 4.78 is 5.26. The quantitative estimate of drug-likeness (QED) is 0.830. The average molecular weight is 284 g/mol. The van der Waals surface area contributed by atoms with E-state index in [1.54, 1.807) is 7.11 Å². The van der Waals surface area contributed by atoms with E-state index in [2.05, 4.69) is 5.32 Å². The van der Waals surface area contributed by atoms with E-state index in [1.807, 2.05) is 55.5 Å². The van der Waals surface area contributed by atoms with Crippen LogP contribution in [0.1, 0.15) is 24.1 Å². The van der Waals surface area contributed by atoms with Gasteiger partial charge in [-0.05, 0) is 30.7 Å². The van der Waals surface area contributed by atoms with E-state index in [0.29, 0.717) is 12.1 Å². The fourth-order valence-electron chi connectivity index (χ4n) is 2.18. The lowest BCUT2D eigenvalue weighted by Crippen LogP contribution is -2.28. The van der Waals surface area contributed by atoms with Crippen LogP contribution >= 0.6 is 0 Å². The SMILES string of the molecule is COc1ccccc1CC(=O)NC(C)c1ccc(N)cc1. The van der Waals surface area contributed by atoms with Crippen LogP contribution < -0.4 is 15.8 Å². The number of carbonyl (C=O) groups excluding carboxylic acids is 1. The van der Waals surface area contributed by atoms with E-state index in [9.17, 15) is 4.79 Å². The van der Waals surface area contributed by atoms with Crippen molar-refractivity contribution in [2.24, 2.45) is 0 Å². The minimum absolute atomic E-state index is 0.0381. The number of para-hydroxylation sites is 1. The Morgan fingerprint density at radius 3 is 2.52 bits per heavy atom. The number of carbonyl (C=O) groups is 1. The third-order valence-corrected chi connectivity index (χ3v) is 3.36. The van der Waals surface area contributed by atoms with Crippen LogP contribution in [0.5, 0.6) is 5.75 Å². The molecule has 110 valence electrons. The second-order valence-corrected chi connectivity index (χ2v) is 4.94. The van der Waals surface area contributed by atoms with Crippen molar-refractivity contribution in [1.29, 1.82) is 0 Å². The highest BCUT2D eigenvalue weighted by atomic mass is 16.5. The first-order valence-corrected chi connectivity index (χ1v) is 6.87. The van der Waals surface area contributed by atoms with Crippen LogP contribution in [0.15, 0.2) is 48.5 Å². The molecule has 0 aromatic heterocycles. The van der Waals surface area contributed by atoms with Crippen LogP contribution in [0, 0.1) is 0 Å². The Kier molecular flexibility index (Phi) is 4.82. The Balaban J connectivity index is 1.99. The molecule has 0 fully saturated rings. The first-order valence-electron chi connectivity index (χ1n) is 6.87. The van der Waals surface area contributed by atoms with Crippen LogP contribution in [0.25, 0.3) is 0 Å². The number of nitrogen functional groups attached to an aromatic ring is 1. The zero-order chi connectivity index (χ0) is 15.2. The van der Waals surface area contributed by atoms with Crippen molar-refractivity contribution in [3.63, 3.8) is 0 Å². The number of hydrogen-bond donors (Lipinski definition) is 2. The molecule has 3 N–H and O–H groups in total. The number of anilines is 1. The van der Waals surface area contributed by atoms with Crippen LogP contribution in [0.2, 0.25) is 0 Å². The van der Waals surface area contributed by atoms with Crippen LogP contribution in [-0.4, -0.2) is 13.0 Å². The highest BCUT2D eigenvalue weighted by molar-refractivity contribution is 5.79. The van der Waals surface area contributed by atoms with Crippen molar-refractivity contribution < 1.29 is 9.53 Å². The van der Waals surface area contributed by atoms with Gasteiger partial charge in [0, 0.05) is 11.3 Å². The van der Waals surface area contributed by atoms with E-state index in [0.717, 1.165) is 16.9 Å². The van der Waals surface area contributed by atoms with E-state index < -0.39 is 0 Å². The van der Waals surface area contributed by atoms with E-state index in [1.165, 1.54) is 0 Å². The van der Waals surface area contributed by atoms with Crippen molar-refractivity contribution >= 4 is 11.6 Å². The van der Waals surface area contributed by atoms with Crippen molar-refractivity contribution in [1.82, 2.24) is 5.32 Å². The van der Waals surface area contributed by atoms with Crippen molar-refractivity contribution in [2.45, 2.75) is 19.4 Å². The number of nitrogens with one attached hydrogen (secondary N) is 1. The summed E-state index contributed by atoms with van der Waals surface area (Å²) in [7, 11) is 1.60. The van der Waals surface area contributed by atoms with Gasteiger partial charge in [0.15, 0.2) is 0 Å². The number of amides is 1. The van der Waals surface area contributed by atoms with Gasteiger partial charge in [-0.1, -0.05) is 30.3 Å². The molecule has 1 atom stereocenters. The molecule has 1 amide bonds. The molecule has 2 aromatic rings. The van der Waals surface area contributed by atoms with Crippen LogP contribution in [0.3, 0.4) is 0 Å². The predicted molar refractivity (Wildman–Crippen MR) is 84.1 cm³/mol. The fourth-order valence-corrected chi connectivity index (χ4v) is 2.18. The summed E-state index contributed by atoms with van der Waals surface area (Å²) in [5.41, 5.74) is 8.28.